The molecule has 1 atom stereocenters. The number of fused-ring (bicyclic) bond motifs is 1. The van der Waals surface area contributed by atoms with E-state index >= 15 is 0 Å². The van der Waals surface area contributed by atoms with Crippen LogP contribution in [0.3, 0.4) is 0 Å². The predicted molar refractivity (Wildman–Crippen MR) is 116 cm³/mol. The third kappa shape index (κ3) is 3.69. The zero-order valence-corrected chi connectivity index (χ0v) is 17.1. The van der Waals surface area contributed by atoms with Gasteiger partial charge in [-0.05, 0) is 48.9 Å². The lowest BCUT2D eigenvalue weighted by Gasteiger charge is -2.15. The number of methoxy groups -OCH3 is 1. The maximum absolute atomic E-state index is 13.3. The van der Waals surface area contributed by atoms with E-state index in [2.05, 4.69) is 10.3 Å². The first kappa shape index (κ1) is 19.8. The van der Waals surface area contributed by atoms with Crippen molar-refractivity contribution in [3.8, 4) is 16.9 Å². The third-order valence-corrected chi connectivity index (χ3v) is 5.72. The molecular weight excluding hydrogens is 405 g/mol. The Bertz CT molecular complexity index is 1260. The zero-order chi connectivity index (χ0) is 21.3. The zero-order valence-electron chi connectivity index (χ0n) is 16.3. The van der Waals surface area contributed by atoms with Gasteiger partial charge in [-0.2, -0.15) is 0 Å². The van der Waals surface area contributed by atoms with Gasteiger partial charge in [-0.25, -0.2) is 9.37 Å². The minimum Gasteiger partial charge on any atom is -0.497 e. The Labute approximate surface area is 175 Å². The molecule has 30 heavy (non-hydrogen) atoms. The number of carbonyl (C=O) groups excluding carboxylic acids is 1. The second-order valence-corrected chi connectivity index (χ2v) is 7.55. The van der Waals surface area contributed by atoms with Crippen LogP contribution in [0.4, 0.5) is 10.1 Å². The molecule has 6 nitrogen and oxygen atoms in total. The third-order valence-electron chi connectivity index (χ3n) is 4.83. The summed E-state index contributed by atoms with van der Waals surface area (Å²) >= 11 is 1.33. The lowest BCUT2D eigenvalue weighted by atomic mass is 10.1. The Morgan fingerprint density at radius 3 is 2.53 bits per heavy atom. The van der Waals surface area contributed by atoms with Crippen molar-refractivity contribution < 1.29 is 13.9 Å². The number of amides is 1. The molecule has 1 N–H and O–H groups in total. The first-order chi connectivity index (χ1) is 14.5. The van der Waals surface area contributed by atoms with Crippen molar-refractivity contribution in [2.75, 3.05) is 12.4 Å². The standard InChI is InChI=1S/C22H18FN3O3S/c1-13(20(27)25-16-7-9-17(29-2)10-8-16)26-12-24-21-19(22(26)28)18(11-30-21)14-3-5-15(23)6-4-14/h3-13H,1-2H3,(H,25,27). The smallest absolute Gasteiger partial charge is 0.263 e. The quantitative estimate of drug-likeness (QED) is 0.514. The molecular formula is C22H18FN3O3S. The summed E-state index contributed by atoms with van der Waals surface area (Å²) in [5.41, 5.74) is 1.66. The van der Waals surface area contributed by atoms with E-state index in [1.165, 1.54) is 34.4 Å². The number of carbonyl (C=O) groups is 1. The summed E-state index contributed by atoms with van der Waals surface area (Å²) in [6, 6.07) is 12.1. The number of rotatable bonds is 5. The highest BCUT2D eigenvalue weighted by molar-refractivity contribution is 7.17. The van der Waals surface area contributed by atoms with Crippen molar-refractivity contribution in [3.63, 3.8) is 0 Å². The van der Waals surface area contributed by atoms with Crippen LogP contribution < -0.4 is 15.6 Å². The Hall–Kier alpha value is -3.52. The van der Waals surface area contributed by atoms with Gasteiger partial charge >= 0.3 is 0 Å². The van der Waals surface area contributed by atoms with Gasteiger partial charge in [0.1, 0.15) is 22.4 Å². The SMILES string of the molecule is COc1ccc(NC(=O)C(C)n2cnc3scc(-c4ccc(F)cc4)c3c2=O)cc1. The van der Waals surface area contributed by atoms with Gasteiger partial charge in [0.25, 0.3) is 5.56 Å². The molecule has 4 aromatic rings. The first-order valence-corrected chi connectivity index (χ1v) is 10.0. The van der Waals surface area contributed by atoms with Crippen molar-refractivity contribution in [1.29, 1.82) is 0 Å². The number of thiophene rings is 1. The van der Waals surface area contributed by atoms with Crippen LogP contribution in [-0.4, -0.2) is 22.6 Å². The maximum Gasteiger partial charge on any atom is 0.263 e. The number of hydrogen-bond donors (Lipinski definition) is 1. The molecule has 1 unspecified atom stereocenters. The topological polar surface area (TPSA) is 73.2 Å². The van der Waals surface area contributed by atoms with Crippen LogP contribution in [-0.2, 0) is 4.79 Å². The molecule has 1 amide bonds. The predicted octanol–water partition coefficient (Wildman–Crippen LogP) is 4.47. The Morgan fingerprint density at radius 1 is 1.17 bits per heavy atom. The number of benzene rings is 2. The number of anilines is 1. The lowest BCUT2D eigenvalue weighted by Crippen LogP contribution is -2.31. The van der Waals surface area contributed by atoms with E-state index < -0.39 is 6.04 Å². The fraction of sp³-hybridized carbons (Fsp3) is 0.136. The van der Waals surface area contributed by atoms with Gasteiger partial charge < -0.3 is 10.1 Å². The molecule has 0 fully saturated rings. The van der Waals surface area contributed by atoms with Crippen LogP contribution >= 0.6 is 11.3 Å². The van der Waals surface area contributed by atoms with Crippen LogP contribution in [0.25, 0.3) is 21.3 Å². The summed E-state index contributed by atoms with van der Waals surface area (Å²) in [6.07, 6.45) is 1.38. The normalized spacial score (nSPS) is 12.0. The fourth-order valence-electron chi connectivity index (χ4n) is 3.11. The van der Waals surface area contributed by atoms with E-state index in [0.717, 1.165) is 5.56 Å². The van der Waals surface area contributed by atoms with Crippen LogP contribution in [0.15, 0.2) is 65.0 Å². The molecule has 0 aliphatic heterocycles. The maximum atomic E-state index is 13.3. The van der Waals surface area contributed by atoms with Gasteiger partial charge in [0.2, 0.25) is 5.91 Å². The molecule has 0 bridgehead atoms. The highest BCUT2D eigenvalue weighted by Crippen LogP contribution is 2.31. The molecule has 0 aliphatic carbocycles. The minimum absolute atomic E-state index is 0.321. The molecule has 152 valence electrons. The molecule has 0 saturated heterocycles. The highest BCUT2D eigenvalue weighted by Gasteiger charge is 2.20. The molecule has 8 heteroatoms. The van der Waals surface area contributed by atoms with E-state index in [4.69, 9.17) is 4.74 Å². The number of halogens is 1. The Kier molecular flexibility index (Phi) is 5.33. The summed E-state index contributed by atoms with van der Waals surface area (Å²) in [5, 5.41) is 5.03. The van der Waals surface area contributed by atoms with Crippen molar-refractivity contribution in [2.45, 2.75) is 13.0 Å². The summed E-state index contributed by atoms with van der Waals surface area (Å²) in [5.74, 6) is -0.0164. The summed E-state index contributed by atoms with van der Waals surface area (Å²) < 4.78 is 19.7. The van der Waals surface area contributed by atoms with Crippen molar-refractivity contribution in [2.24, 2.45) is 0 Å². The minimum atomic E-state index is -0.780. The molecule has 0 radical (unpaired) electrons. The second kappa shape index (κ2) is 8.08. The van der Waals surface area contributed by atoms with Crippen LogP contribution in [0, 0.1) is 5.82 Å². The van der Waals surface area contributed by atoms with E-state index in [9.17, 15) is 14.0 Å². The van der Waals surface area contributed by atoms with Gasteiger partial charge in [-0.1, -0.05) is 12.1 Å². The van der Waals surface area contributed by atoms with Gasteiger partial charge in [-0.15, -0.1) is 11.3 Å². The average molecular weight is 423 g/mol. The number of nitrogens with one attached hydrogen (secondary N) is 1. The van der Waals surface area contributed by atoms with E-state index in [1.807, 2.05) is 5.38 Å². The first-order valence-electron chi connectivity index (χ1n) is 9.17. The Balaban J connectivity index is 1.67. The largest absolute Gasteiger partial charge is 0.497 e. The summed E-state index contributed by atoms with van der Waals surface area (Å²) in [7, 11) is 1.57. The number of ether oxygens (including phenoxy) is 1. The molecule has 2 aromatic heterocycles. The van der Waals surface area contributed by atoms with Gasteiger partial charge in [0, 0.05) is 16.6 Å². The van der Waals surface area contributed by atoms with E-state index in [-0.39, 0.29) is 17.3 Å². The molecule has 0 spiro atoms. The van der Waals surface area contributed by atoms with Gasteiger partial charge in [0.15, 0.2) is 0 Å². The lowest BCUT2D eigenvalue weighted by molar-refractivity contribution is -0.118. The second-order valence-electron chi connectivity index (χ2n) is 6.69. The molecule has 0 aliphatic rings. The van der Waals surface area contributed by atoms with Crippen LogP contribution in [0.1, 0.15) is 13.0 Å². The van der Waals surface area contributed by atoms with Crippen molar-refractivity contribution in [1.82, 2.24) is 9.55 Å². The van der Waals surface area contributed by atoms with Crippen molar-refractivity contribution in [3.05, 3.63) is 76.4 Å². The summed E-state index contributed by atoms with van der Waals surface area (Å²) in [4.78, 5) is 30.8. The number of nitrogens with zero attached hydrogens (tertiary/aromatic N) is 2. The average Bonchev–Trinajstić information content (AvgIpc) is 3.19. The summed E-state index contributed by atoms with van der Waals surface area (Å²) in [6.45, 7) is 1.64. The number of aromatic nitrogens is 2. The highest BCUT2D eigenvalue weighted by atomic mass is 32.1. The van der Waals surface area contributed by atoms with E-state index in [0.29, 0.717) is 27.2 Å². The molecule has 0 saturated carbocycles. The fourth-order valence-corrected chi connectivity index (χ4v) is 4.02. The molecule has 2 aromatic carbocycles. The van der Waals surface area contributed by atoms with E-state index in [1.54, 1.807) is 50.4 Å². The van der Waals surface area contributed by atoms with Gasteiger partial charge in [0.05, 0.1) is 18.8 Å². The van der Waals surface area contributed by atoms with Gasteiger partial charge in [-0.3, -0.25) is 14.2 Å². The molecule has 4 rings (SSSR count). The Morgan fingerprint density at radius 2 is 1.87 bits per heavy atom. The monoisotopic (exact) mass is 423 g/mol. The number of hydrogen-bond acceptors (Lipinski definition) is 5. The van der Waals surface area contributed by atoms with Crippen LogP contribution in [0.2, 0.25) is 0 Å². The van der Waals surface area contributed by atoms with Crippen LogP contribution in [0.5, 0.6) is 5.75 Å². The van der Waals surface area contributed by atoms with Crippen molar-refractivity contribution >= 4 is 33.1 Å². The molecule has 2 heterocycles.